The van der Waals surface area contributed by atoms with E-state index >= 15 is 0 Å². The second-order valence-electron chi connectivity index (χ2n) is 15.8. The smallest absolute Gasteiger partial charge is 0.302 e. The van der Waals surface area contributed by atoms with Crippen LogP contribution in [0.2, 0.25) is 0 Å². The summed E-state index contributed by atoms with van der Waals surface area (Å²) in [5.41, 5.74) is 0.795. The minimum Gasteiger partial charge on any atom is -0.462 e. The predicted molar refractivity (Wildman–Crippen MR) is 152 cm³/mol. The van der Waals surface area contributed by atoms with Gasteiger partial charge in [-0.1, -0.05) is 48.1 Å². The zero-order chi connectivity index (χ0) is 28.8. The van der Waals surface area contributed by atoms with E-state index in [-0.39, 0.29) is 57.1 Å². The van der Waals surface area contributed by atoms with Crippen LogP contribution in [-0.4, -0.2) is 30.4 Å². The van der Waals surface area contributed by atoms with Crippen LogP contribution in [0, 0.1) is 56.7 Å². The van der Waals surface area contributed by atoms with Crippen molar-refractivity contribution in [1.29, 1.82) is 0 Å². The van der Waals surface area contributed by atoms with E-state index in [0.29, 0.717) is 23.7 Å². The number of allylic oxidation sites excluding steroid dienone is 1. The Morgan fingerprint density at radius 1 is 0.744 bits per heavy atom. The summed E-state index contributed by atoms with van der Waals surface area (Å²) in [7, 11) is 0. The maximum absolute atomic E-state index is 12.4. The van der Waals surface area contributed by atoms with Gasteiger partial charge in [0.15, 0.2) is 0 Å². The Balaban J connectivity index is 1.56. The van der Waals surface area contributed by atoms with E-state index < -0.39 is 0 Å². The van der Waals surface area contributed by atoms with E-state index in [1.54, 1.807) is 6.92 Å². The van der Waals surface area contributed by atoms with Crippen molar-refractivity contribution in [2.24, 2.45) is 56.7 Å². The fraction of sp³-hybridized carbons (Fsp3) is 0.853. The van der Waals surface area contributed by atoms with Gasteiger partial charge in [0, 0.05) is 24.7 Å². The molecule has 0 unspecified atom stereocenters. The normalized spacial score (nSPS) is 49.9. The van der Waals surface area contributed by atoms with Crippen molar-refractivity contribution in [2.75, 3.05) is 0 Å². The molecule has 5 aliphatic carbocycles. The number of rotatable bonds is 4. The van der Waals surface area contributed by atoms with Gasteiger partial charge in [-0.3, -0.25) is 14.4 Å². The van der Waals surface area contributed by atoms with Crippen molar-refractivity contribution in [3.63, 3.8) is 0 Å². The topological polar surface area (TPSA) is 69.7 Å². The molecule has 0 aliphatic heterocycles. The molecule has 0 N–H and O–H groups in total. The van der Waals surface area contributed by atoms with Gasteiger partial charge in [0.25, 0.3) is 0 Å². The third kappa shape index (κ3) is 3.86. The molecule has 0 spiro atoms. The Bertz CT molecular complexity index is 1060. The molecule has 5 saturated carbocycles. The molecular formula is C34H52O5. The zero-order valence-corrected chi connectivity index (χ0v) is 25.7. The first-order valence-electron chi connectivity index (χ1n) is 15.5. The number of hydrogen-bond donors (Lipinski definition) is 0. The van der Waals surface area contributed by atoms with Gasteiger partial charge < -0.3 is 9.47 Å². The molecule has 5 rings (SSSR count). The van der Waals surface area contributed by atoms with Crippen LogP contribution in [0.25, 0.3) is 0 Å². The van der Waals surface area contributed by atoms with Crippen LogP contribution in [-0.2, 0) is 23.9 Å². The summed E-state index contributed by atoms with van der Waals surface area (Å²) in [6, 6.07) is 0. The molecule has 0 radical (unpaired) electrons. The number of hydrogen-bond acceptors (Lipinski definition) is 5. The molecule has 11 atom stereocenters. The van der Waals surface area contributed by atoms with Gasteiger partial charge in [-0.05, 0) is 109 Å². The van der Waals surface area contributed by atoms with E-state index in [2.05, 4.69) is 48.1 Å². The van der Waals surface area contributed by atoms with Crippen LogP contribution in [0.4, 0.5) is 0 Å². The molecule has 5 aliphatic rings. The van der Waals surface area contributed by atoms with Crippen molar-refractivity contribution in [3.05, 3.63) is 12.2 Å². The standard InChI is InChI=1S/C34H52O5/c1-20(19-35)23-12-15-32(7)28(39-22(3)37)18-34(9)24(29(23)32)10-11-26-31(6)16-14-27(38-21(2)36)30(4,5)25(31)13-17-33(26,34)8/h19,23-29H,1,10-18H2,2-9H3/t23-,24+,25-,26+,27-,28-,29+,31-,32+,33+,34+/m0/s1. The van der Waals surface area contributed by atoms with Gasteiger partial charge in [-0.25, -0.2) is 0 Å². The number of ether oxygens (including phenoxy) is 2. The van der Waals surface area contributed by atoms with Gasteiger partial charge in [-0.15, -0.1) is 0 Å². The Morgan fingerprint density at radius 2 is 1.36 bits per heavy atom. The molecule has 0 bridgehead atoms. The molecule has 39 heavy (non-hydrogen) atoms. The van der Waals surface area contributed by atoms with Crippen LogP contribution < -0.4 is 0 Å². The molecule has 0 amide bonds. The average Bonchev–Trinajstić information content (AvgIpc) is 3.19. The van der Waals surface area contributed by atoms with Crippen LogP contribution >= 0.6 is 0 Å². The first-order chi connectivity index (χ1) is 18.1. The third-order valence-electron chi connectivity index (χ3n) is 14.1. The molecule has 0 aromatic carbocycles. The first-order valence-corrected chi connectivity index (χ1v) is 15.5. The molecular weight excluding hydrogens is 488 g/mol. The van der Waals surface area contributed by atoms with Crippen LogP contribution in [0.1, 0.15) is 113 Å². The van der Waals surface area contributed by atoms with E-state index in [1.165, 1.54) is 13.3 Å². The lowest BCUT2D eigenvalue weighted by molar-refractivity contribution is -0.264. The van der Waals surface area contributed by atoms with Crippen LogP contribution in [0.3, 0.4) is 0 Å². The predicted octanol–water partition coefficient (Wildman–Crippen LogP) is 7.32. The number of fused-ring (bicyclic) bond motifs is 7. The summed E-state index contributed by atoms with van der Waals surface area (Å²) >= 11 is 0. The monoisotopic (exact) mass is 540 g/mol. The van der Waals surface area contributed by atoms with Crippen molar-refractivity contribution < 1.29 is 23.9 Å². The second kappa shape index (κ2) is 9.18. The molecule has 0 aromatic rings. The summed E-state index contributed by atoms with van der Waals surface area (Å²) < 4.78 is 12.1. The Kier molecular flexibility index (Phi) is 6.79. The second-order valence-corrected chi connectivity index (χ2v) is 15.8. The number of esters is 2. The Morgan fingerprint density at radius 3 is 1.97 bits per heavy atom. The summed E-state index contributed by atoms with van der Waals surface area (Å²) in [6.45, 7) is 21.9. The quantitative estimate of drug-likeness (QED) is 0.212. The maximum atomic E-state index is 12.4. The van der Waals surface area contributed by atoms with Gasteiger partial charge in [0.2, 0.25) is 0 Å². The van der Waals surface area contributed by atoms with Gasteiger partial charge in [-0.2, -0.15) is 0 Å². The molecule has 5 heteroatoms. The SMILES string of the molecule is C=C(C=O)[C@@H]1CC[C@@]2(C)[C@H]1[C@H]1CC[C@@H]3[C@@]4(C)CC[C@H](OC(C)=O)C(C)(C)[C@@H]4CC[C@@]3(C)[C@]1(C)C[C@@H]2OC(C)=O. The average molecular weight is 541 g/mol. The highest BCUT2D eigenvalue weighted by Crippen LogP contribution is 2.77. The number of carbonyl (C=O) groups excluding carboxylic acids is 3. The Hall–Kier alpha value is -1.65. The molecule has 0 heterocycles. The number of carbonyl (C=O) groups is 3. The largest absolute Gasteiger partial charge is 0.462 e. The van der Waals surface area contributed by atoms with E-state index in [0.717, 1.165) is 63.2 Å². The van der Waals surface area contributed by atoms with E-state index in [1.807, 2.05) is 0 Å². The summed E-state index contributed by atoms with van der Waals surface area (Å²) in [5, 5.41) is 0. The zero-order valence-electron chi connectivity index (χ0n) is 25.7. The van der Waals surface area contributed by atoms with Crippen LogP contribution in [0.5, 0.6) is 0 Å². The molecule has 0 saturated heterocycles. The lowest BCUT2D eigenvalue weighted by atomic mass is 9.32. The van der Waals surface area contributed by atoms with Crippen molar-refractivity contribution in [1.82, 2.24) is 0 Å². The fourth-order valence-electron chi connectivity index (χ4n) is 12.2. The molecule has 218 valence electrons. The minimum atomic E-state index is -0.196. The van der Waals surface area contributed by atoms with Crippen molar-refractivity contribution in [3.8, 4) is 0 Å². The third-order valence-corrected chi connectivity index (χ3v) is 14.1. The van der Waals surface area contributed by atoms with Crippen molar-refractivity contribution in [2.45, 2.75) is 125 Å². The van der Waals surface area contributed by atoms with Crippen LogP contribution in [0.15, 0.2) is 12.2 Å². The highest BCUT2D eigenvalue weighted by Gasteiger charge is 2.72. The fourth-order valence-corrected chi connectivity index (χ4v) is 12.2. The molecule has 5 nitrogen and oxygen atoms in total. The summed E-state index contributed by atoms with van der Waals surface area (Å²) in [4.78, 5) is 36.4. The van der Waals surface area contributed by atoms with Gasteiger partial charge >= 0.3 is 11.9 Å². The lowest BCUT2D eigenvalue weighted by Crippen LogP contribution is -2.68. The highest BCUT2D eigenvalue weighted by molar-refractivity contribution is 5.73. The first kappa shape index (κ1) is 28.9. The number of aldehydes is 1. The maximum Gasteiger partial charge on any atom is 0.302 e. The van der Waals surface area contributed by atoms with E-state index in [4.69, 9.17) is 9.47 Å². The van der Waals surface area contributed by atoms with Gasteiger partial charge in [0.05, 0.1) is 0 Å². The minimum absolute atomic E-state index is 0.00315. The summed E-state index contributed by atoms with van der Waals surface area (Å²) in [5.74, 6) is 1.63. The molecule has 0 aromatic heterocycles. The Labute approximate surface area is 236 Å². The highest BCUT2D eigenvalue weighted by atomic mass is 16.5. The lowest BCUT2D eigenvalue weighted by Gasteiger charge is -2.73. The summed E-state index contributed by atoms with van der Waals surface area (Å²) in [6.07, 6.45) is 10.3. The van der Waals surface area contributed by atoms with E-state index in [9.17, 15) is 14.4 Å². The van der Waals surface area contributed by atoms with Crippen molar-refractivity contribution >= 4 is 18.2 Å². The van der Waals surface area contributed by atoms with Gasteiger partial charge in [0.1, 0.15) is 18.5 Å². The molecule has 5 fully saturated rings.